The van der Waals surface area contributed by atoms with Gasteiger partial charge in [-0.15, -0.1) is 0 Å². The number of aromatic hydroxyl groups is 1. The Kier molecular flexibility index (Phi) is 3.91. The van der Waals surface area contributed by atoms with Crippen LogP contribution in [0, 0.1) is 11.3 Å². The van der Waals surface area contributed by atoms with Crippen molar-refractivity contribution in [1.82, 2.24) is 0 Å². The van der Waals surface area contributed by atoms with Gasteiger partial charge in [0.15, 0.2) is 6.10 Å². The molecule has 0 amide bonds. The van der Waals surface area contributed by atoms with Crippen LogP contribution in [0.1, 0.15) is 17.2 Å². The molecular weight excluding hydrogens is 226 g/mol. The van der Waals surface area contributed by atoms with E-state index in [9.17, 15) is 15.0 Å². The van der Waals surface area contributed by atoms with Gasteiger partial charge in [-0.05, 0) is 6.07 Å². The fraction of sp³-hybridized carbons (Fsp3) is 0.273. The summed E-state index contributed by atoms with van der Waals surface area (Å²) in [5, 5.41) is 27.8. The van der Waals surface area contributed by atoms with Gasteiger partial charge < -0.3 is 19.7 Å². The molecular formula is C11H11NO5. The van der Waals surface area contributed by atoms with E-state index in [1.807, 2.05) is 0 Å². The molecule has 0 heterocycles. The van der Waals surface area contributed by atoms with E-state index in [-0.39, 0.29) is 22.6 Å². The minimum atomic E-state index is -1.57. The number of esters is 1. The molecule has 90 valence electrons. The van der Waals surface area contributed by atoms with Crippen LogP contribution < -0.4 is 4.74 Å². The van der Waals surface area contributed by atoms with Crippen LogP contribution >= 0.6 is 0 Å². The highest BCUT2D eigenvalue weighted by molar-refractivity contribution is 5.77. The first-order valence-corrected chi connectivity index (χ1v) is 4.62. The normalized spacial score (nSPS) is 11.4. The summed E-state index contributed by atoms with van der Waals surface area (Å²) in [5.41, 5.74) is -0.00236. The summed E-state index contributed by atoms with van der Waals surface area (Å²) in [7, 11) is 2.44. The second kappa shape index (κ2) is 5.18. The van der Waals surface area contributed by atoms with Gasteiger partial charge in [0.2, 0.25) is 0 Å². The van der Waals surface area contributed by atoms with Gasteiger partial charge in [0, 0.05) is 11.6 Å². The van der Waals surface area contributed by atoms with Crippen LogP contribution in [0.3, 0.4) is 0 Å². The van der Waals surface area contributed by atoms with Gasteiger partial charge in [0.1, 0.15) is 17.6 Å². The third-order valence-corrected chi connectivity index (χ3v) is 2.19. The van der Waals surface area contributed by atoms with Crippen molar-refractivity contribution in [3.05, 3.63) is 23.3 Å². The molecule has 0 spiro atoms. The lowest BCUT2D eigenvalue weighted by molar-refractivity contribution is -0.150. The third-order valence-electron chi connectivity index (χ3n) is 2.19. The summed E-state index contributed by atoms with van der Waals surface area (Å²) < 4.78 is 9.28. The summed E-state index contributed by atoms with van der Waals surface area (Å²) in [5.74, 6) is -1.07. The topological polar surface area (TPSA) is 99.8 Å². The standard InChI is InChI=1S/C11H11NO5/c1-16-9-4-8(13)6(5-12)3-7(9)10(14)11(15)17-2/h3-4,10,13-14H,1-2H3. The number of carbonyl (C=O) groups is 1. The molecule has 0 aliphatic carbocycles. The molecule has 1 atom stereocenters. The maximum absolute atomic E-state index is 11.2. The van der Waals surface area contributed by atoms with E-state index in [0.717, 1.165) is 13.2 Å². The Hall–Kier alpha value is -2.26. The van der Waals surface area contributed by atoms with E-state index in [2.05, 4.69) is 4.74 Å². The van der Waals surface area contributed by atoms with Crippen LogP contribution in [0.15, 0.2) is 12.1 Å². The molecule has 0 aliphatic heterocycles. The zero-order chi connectivity index (χ0) is 13.0. The Labute approximate surface area is 97.6 Å². The summed E-state index contributed by atoms with van der Waals surface area (Å²) in [6.45, 7) is 0. The molecule has 1 aromatic rings. The van der Waals surface area contributed by atoms with Crippen molar-refractivity contribution < 1.29 is 24.5 Å². The van der Waals surface area contributed by atoms with Crippen molar-refractivity contribution >= 4 is 5.97 Å². The van der Waals surface area contributed by atoms with Crippen LogP contribution in [-0.2, 0) is 9.53 Å². The molecule has 0 saturated carbocycles. The monoisotopic (exact) mass is 237 g/mol. The van der Waals surface area contributed by atoms with Gasteiger partial charge in [0.05, 0.1) is 19.8 Å². The number of hydrogen-bond donors (Lipinski definition) is 2. The number of nitriles is 1. The number of phenols is 1. The summed E-state index contributed by atoms with van der Waals surface area (Å²) in [6.07, 6.45) is -1.57. The Morgan fingerprint density at radius 1 is 1.47 bits per heavy atom. The van der Waals surface area contributed by atoms with E-state index < -0.39 is 12.1 Å². The van der Waals surface area contributed by atoms with E-state index >= 15 is 0 Å². The molecule has 0 bridgehead atoms. The van der Waals surface area contributed by atoms with E-state index in [4.69, 9.17) is 10.00 Å². The van der Waals surface area contributed by atoms with Crippen LogP contribution in [0.5, 0.6) is 11.5 Å². The number of nitrogens with zero attached hydrogens (tertiary/aromatic N) is 1. The van der Waals surface area contributed by atoms with Gasteiger partial charge in [0.25, 0.3) is 0 Å². The quantitative estimate of drug-likeness (QED) is 0.741. The number of carbonyl (C=O) groups excluding carboxylic acids is 1. The average molecular weight is 237 g/mol. The second-order valence-corrected chi connectivity index (χ2v) is 3.15. The predicted octanol–water partition coefficient (Wildman–Crippen LogP) is 0.479. The molecule has 0 saturated heterocycles. The maximum atomic E-state index is 11.2. The van der Waals surface area contributed by atoms with E-state index in [1.165, 1.54) is 13.2 Å². The Morgan fingerprint density at radius 2 is 2.12 bits per heavy atom. The van der Waals surface area contributed by atoms with Gasteiger partial charge in [-0.1, -0.05) is 0 Å². The SMILES string of the molecule is COC(=O)C(O)c1cc(C#N)c(O)cc1OC. The number of phenolic OH excluding ortho intramolecular Hbond substituents is 1. The number of rotatable bonds is 3. The first-order chi connectivity index (χ1) is 8.04. The molecule has 0 fully saturated rings. The van der Waals surface area contributed by atoms with Crippen LogP contribution in [0.25, 0.3) is 0 Å². The van der Waals surface area contributed by atoms with Crippen molar-refractivity contribution in [3.63, 3.8) is 0 Å². The van der Waals surface area contributed by atoms with E-state index in [0.29, 0.717) is 0 Å². The number of aliphatic hydroxyl groups excluding tert-OH is 1. The largest absolute Gasteiger partial charge is 0.506 e. The highest BCUT2D eigenvalue weighted by Crippen LogP contribution is 2.32. The van der Waals surface area contributed by atoms with Crippen molar-refractivity contribution in [3.8, 4) is 17.6 Å². The number of aliphatic hydroxyl groups is 1. The van der Waals surface area contributed by atoms with Gasteiger partial charge in [-0.25, -0.2) is 4.79 Å². The van der Waals surface area contributed by atoms with Crippen molar-refractivity contribution in [2.24, 2.45) is 0 Å². The molecule has 1 rings (SSSR count). The highest BCUT2D eigenvalue weighted by atomic mass is 16.5. The van der Waals surface area contributed by atoms with Crippen molar-refractivity contribution in [2.75, 3.05) is 14.2 Å². The first kappa shape index (κ1) is 12.8. The zero-order valence-corrected chi connectivity index (χ0v) is 9.30. The van der Waals surface area contributed by atoms with Crippen LogP contribution in [-0.4, -0.2) is 30.4 Å². The number of ether oxygens (including phenoxy) is 2. The smallest absolute Gasteiger partial charge is 0.339 e. The third kappa shape index (κ3) is 2.46. The van der Waals surface area contributed by atoms with Crippen molar-refractivity contribution in [2.45, 2.75) is 6.10 Å². The second-order valence-electron chi connectivity index (χ2n) is 3.15. The fourth-order valence-electron chi connectivity index (χ4n) is 1.30. The number of hydrogen-bond acceptors (Lipinski definition) is 6. The molecule has 0 aromatic heterocycles. The first-order valence-electron chi connectivity index (χ1n) is 4.62. The van der Waals surface area contributed by atoms with Crippen molar-refractivity contribution in [1.29, 1.82) is 5.26 Å². The number of methoxy groups -OCH3 is 2. The Morgan fingerprint density at radius 3 is 2.59 bits per heavy atom. The lowest BCUT2D eigenvalue weighted by atomic mass is 10.0. The molecule has 1 unspecified atom stereocenters. The molecule has 6 heteroatoms. The molecule has 0 aliphatic rings. The summed E-state index contributed by atoms with van der Waals surface area (Å²) >= 11 is 0. The summed E-state index contributed by atoms with van der Waals surface area (Å²) in [4.78, 5) is 11.2. The molecule has 2 N–H and O–H groups in total. The molecule has 17 heavy (non-hydrogen) atoms. The van der Waals surface area contributed by atoms with Gasteiger partial charge in [-0.2, -0.15) is 5.26 Å². The Balaban J connectivity index is 3.31. The minimum Gasteiger partial charge on any atom is -0.506 e. The fourth-order valence-corrected chi connectivity index (χ4v) is 1.30. The Bertz CT molecular complexity index is 477. The van der Waals surface area contributed by atoms with Gasteiger partial charge >= 0.3 is 5.97 Å². The van der Waals surface area contributed by atoms with Crippen LogP contribution in [0.2, 0.25) is 0 Å². The number of benzene rings is 1. The summed E-state index contributed by atoms with van der Waals surface area (Å²) in [6, 6.07) is 4.06. The van der Waals surface area contributed by atoms with Gasteiger partial charge in [-0.3, -0.25) is 0 Å². The molecule has 6 nitrogen and oxygen atoms in total. The van der Waals surface area contributed by atoms with E-state index in [1.54, 1.807) is 6.07 Å². The van der Waals surface area contributed by atoms with Crippen LogP contribution in [0.4, 0.5) is 0 Å². The average Bonchev–Trinajstić information content (AvgIpc) is 2.36. The molecule has 1 aromatic carbocycles. The maximum Gasteiger partial charge on any atom is 0.339 e. The zero-order valence-electron chi connectivity index (χ0n) is 9.30. The highest BCUT2D eigenvalue weighted by Gasteiger charge is 2.23. The lowest BCUT2D eigenvalue weighted by Gasteiger charge is -2.13. The molecule has 0 radical (unpaired) electrons. The minimum absolute atomic E-state index is 0.0636. The predicted molar refractivity (Wildman–Crippen MR) is 56.3 cm³/mol. The lowest BCUT2D eigenvalue weighted by Crippen LogP contribution is -2.14.